The molecule has 1 saturated heterocycles. The van der Waals surface area contributed by atoms with Gasteiger partial charge in [0.15, 0.2) is 0 Å². The molecule has 86 valence electrons. The molecule has 2 rings (SSSR count). The molecular formula is C12H22N2O. The zero-order valence-corrected chi connectivity index (χ0v) is 9.83. The average molecular weight is 210 g/mol. The van der Waals surface area contributed by atoms with Crippen molar-refractivity contribution in [2.24, 2.45) is 17.8 Å². The molecule has 3 heteroatoms. The van der Waals surface area contributed by atoms with E-state index in [0.29, 0.717) is 5.92 Å². The van der Waals surface area contributed by atoms with Gasteiger partial charge in [0.05, 0.1) is 0 Å². The van der Waals surface area contributed by atoms with Gasteiger partial charge in [-0.25, -0.2) is 4.79 Å². The van der Waals surface area contributed by atoms with E-state index in [-0.39, 0.29) is 6.03 Å². The van der Waals surface area contributed by atoms with E-state index in [1.807, 2.05) is 4.90 Å². The predicted molar refractivity (Wildman–Crippen MR) is 60.6 cm³/mol. The third-order valence-corrected chi connectivity index (χ3v) is 3.74. The maximum atomic E-state index is 11.8. The smallest absolute Gasteiger partial charge is 0.317 e. The van der Waals surface area contributed by atoms with Crippen LogP contribution in [0.25, 0.3) is 0 Å². The number of likely N-dealkylation sites (tertiary alicyclic amines) is 1. The first-order valence-electron chi connectivity index (χ1n) is 6.19. The fourth-order valence-corrected chi connectivity index (χ4v) is 2.39. The molecule has 2 fully saturated rings. The summed E-state index contributed by atoms with van der Waals surface area (Å²) in [6, 6.07) is 0.153. The Balaban J connectivity index is 1.70. The first-order valence-corrected chi connectivity index (χ1v) is 6.19. The summed E-state index contributed by atoms with van der Waals surface area (Å²) >= 11 is 0. The Morgan fingerprint density at radius 1 is 1.47 bits per heavy atom. The van der Waals surface area contributed by atoms with Crippen molar-refractivity contribution in [1.29, 1.82) is 0 Å². The Kier molecular flexibility index (Phi) is 3.17. The molecule has 0 aromatic rings. The highest BCUT2D eigenvalue weighted by Gasteiger charge is 2.33. The molecule has 1 aliphatic heterocycles. The van der Waals surface area contributed by atoms with Crippen molar-refractivity contribution in [3.8, 4) is 0 Å². The van der Waals surface area contributed by atoms with Crippen LogP contribution >= 0.6 is 0 Å². The molecule has 3 unspecified atom stereocenters. The number of rotatable bonds is 2. The molecule has 2 amide bonds. The highest BCUT2D eigenvalue weighted by atomic mass is 16.2. The minimum Gasteiger partial charge on any atom is -0.338 e. The lowest BCUT2D eigenvalue weighted by atomic mass is 10.0. The molecule has 0 spiro atoms. The number of urea groups is 1. The lowest BCUT2D eigenvalue weighted by molar-refractivity contribution is 0.169. The number of nitrogens with zero attached hydrogens (tertiary/aromatic N) is 1. The summed E-state index contributed by atoms with van der Waals surface area (Å²) in [6.45, 7) is 7.23. The van der Waals surface area contributed by atoms with Crippen molar-refractivity contribution in [2.45, 2.75) is 33.1 Å². The molecule has 0 aromatic heterocycles. The monoisotopic (exact) mass is 210 g/mol. The fraction of sp³-hybridized carbons (Fsp3) is 0.917. The quantitative estimate of drug-likeness (QED) is 0.743. The van der Waals surface area contributed by atoms with Gasteiger partial charge in [-0.15, -0.1) is 0 Å². The molecule has 2 aliphatic rings. The first-order chi connectivity index (χ1) is 7.16. The number of nitrogens with one attached hydrogen (secondary N) is 1. The fourth-order valence-electron chi connectivity index (χ4n) is 2.39. The van der Waals surface area contributed by atoms with Gasteiger partial charge >= 0.3 is 6.03 Å². The van der Waals surface area contributed by atoms with Crippen LogP contribution in [0.2, 0.25) is 0 Å². The Bertz CT molecular complexity index is 242. The van der Waals surface area contributed by atoms with E-state index in [2.05, 4.69) is 19.2 Å². The van der Waals surface area contributed by atoms with Crippen molar-refractivity contribution in [3.05, 3.63) is 0 Å². The van der Waals surface area contributed by atoms with Gasteiger partial charge in [0.1, 0.15) is 0 Å². The number of piperidine rings is 1. The Hall–Kier alpha value is -0.730. The minimum absolute atomic E-state index is 0.153. The van der Waals surface area contributed by atoms with Crippen molar-refractivity contribution in [2.75, 3.05) is 19.6 Å². The normalized spacial score (nSPS) is 35.1. The molecule has 15 heavy (non-hydrogen) atoms. The lowest BCUT2D eigenvalue weighted by Gasteiger charge is -2.30. The van der Waals surface area contributed by atoms with Crippen LogP contribution in [0.15, 0.2) is 0 Å². The predicted octanol–water partition coefficient (Wildman–Crippen LogP) is 2.08. The number of carbonyl (C=O) groups excluding carboxylic acids is 1. The zero-order chi connectivity index (χ0) is 10.8. The third kappa shape index (κ3) is 2.86. The highest BCUT2D eigenvalue weighted by molar-refractivity contribution is 5.74. The van der Waals surface area contributed by atoms with E-state index in [0.717, 1.165) is 37.9 Å². The van der Waals surface area contributed by atoms with Crippen LogP contribution in [0.1, 0.15) is 33.1 Å². The SMILES string of the molecule is CC1CCCN(C(=O)NCC2CC2C)C1. The molecular weight excluding hydrogens is 188 g/mol. The molecule has 1 N–H and O–H groups in total. The van der Waals surface area contributed by atoms with Crippen LogP contribution in [-0.2, 0) is 0 Å². The molecule has 3 atom stereocenters. The number of carbonyl (C=O) groups is 1. The van der Waals surface area contributed by atoms with Crippen molar-refractivity contribution in [1.82, 2.24) is 10.2 Å². The van der Waals surface area contributed by atoms with Gasteiger partial charge in [0.2, 0.25) is 0 Å². The molecule has 0 aromatic carbocycles. The van der Waals surface area contributed by atoms with E-state index in [4.69, 9.17) is 0 Å². The van der Waals surface area contributed by atoms with Gasteiger partial charge in [0.25, 0.3) is 0 Å². The summed E-state index contributed by atoms with van der Waals surface area (Å²) in [5.41, 5.74) is 0. The van der Waals surface area contributed by atoms with Gasteiger partial charge in [-0.1, -0.05) is 13.8 Å². The molecule has 1 saturated carbocycles. The van der Waals surface area contributed by atoms with Crippen molar-refractivity contribution < 1.29 is 4.79 Å². The van der Waals surface area contributed by atoms with E-state index in [1.165, 1.54) is 12.8 Å². The van der Waals surface area contributed by atoms with E-state index in [1.54, 1.807) is 0 Å². The average Bonchev–Trinajstić information content (AvgIpc) is 2.91. The summed E-state index contributed by atoms with van der Waals surface area (Å²) < 4.78 is 0. The second kappa shape index (κ2) is 4.42. The zero-order valence-electron chi connectivity index (χ0n) is 9.83. The van der Waals surface area contributed by atoms with Gasteiger partial charge < -0.3 is 10.2 Å². The largest absolute Gasteiger partial charge is 0.338 e. The summed E-state index contributed by atoms with van der Waals surface area (Å²) in [4.78, 5) is 13.8. The standard InChI is InChI=1S/C12H22N2O/c1-9-4-3-5-14(8-9)12(15)13-7-11-6-10(11)2/h9-11H,3-8H2,1-2H3,(H,13,15). The maximum absolute atomic E-state index is 11.8. The topological polar surface area (TPSA) is 32.3 Å². The maximum Gasteiger partial charge on any atom is 0.317 e. The Labute approximate surface area is 92.2 Å². The minimum atomic E-state index is 0.153. The highest BCUT2D eigenvalue weighted by Crippen LogP contribution is 2.36. The first kappa shape index (κ1) is 10.8. The van der Waals surface area contributed by atoms with Gasteiger partial charge in [0, 0.05) is 19.6 Å². The summed E-state index contributed by atoms with van der Waals surface area (Å²) in [5, 5.41) is 3.05. The van der Waals surface area contributed by atoms with Crippen LogP contribution in [0.5, 0.6) is 0 Å². The van der Waals surface area contributed by atoms with Crippen LogP contribution in [0.4, 0.5) is 4.79 Å². The van der Waals surface area contributed by atoms with Crippen LogP contribution in [-0.4, -0.2) is 30.6 Å². The second-order valence-corrected chi connectivity index (χ2v) is 5.35. The van der Waals surface area contributed by atoms with E-state index in [9.17, 15) is 4.79 Å². The van der Waals surface area contributed by atoms with Gasteiger partial charge in [-0.3, -0.25) is 0 Å². The van der Waals surface area contributed by atoms with Crippen LogP contribution in [0, 0.1) is 17.8 Å². The molecule has 0 radical (unpaired) electrons. The molecule has 0 bridgehead atoms. The van der Waals surface area contributed by atoms with Gasteiger partial charge in [-0.2, -0.15) is 0 Å². The number of hydrogen-bond acceptors (Lipinski definition) is 1. The van der Waals surface area contributed by atoms with Gasteiger partial charge in [-0.05, 0) is 37.0 Å². The summed E-state index contributed by atoms with van der Waals surface area (Å²) in [5.74, 6) is 2.24. The van der Waals surface area contributed by atoms with Crippen molar-refractivity contribution in [3.63, 3.8) is 0 Å². The Morgan fingerprint density at radius 3 is 2.80 bits per heavy atom. The number of amides is 2. The number of hydrogen-bond donors (Lipinski definition) is 1. The van der Waals surface area contributed by atoms with E-state index < -0.39 is 0 Å². The van der Waals surface area contributed by atoms with Crippen LogP contribution < -0.4 is 5.32 Å². The molecule has 3 nitrogen and oxygen atoms in total. The second-order valence-electron chi connectivity index (χ2n) is 5.35. The summed E-state index contributed by atoms with van der Waals surface area (Å²) in [6.07, 6.45) is 3.72. The molecule has 1 heterocycles. The van der Waals surface area contributed by atoms with Crippen LogP contribution in [0.3, 0.4) is 0 Å². The van der Waals surface area contributed by atoms with E-state index >= 15 is 0 Å². The Morgan fingerprint density at radius 2 is 2.20 bits per heavy atom. The lowest BCUT2D eigenvalue weighted by Crippen LogP contribution is -2.45. The van der Waals surface area contributed by atoms with Crippen molar-refractivity contribution >= 4 is 6.03 Å². The molecule has 1 aliphatic carbocycles. The summed E-state index contributed by atoms with van der Waals surface area (Å²) in [7, 11) is 0. The third-order valence-electron chi connectivity index (χ3n) is 3.74.